The largest absolute Gasteiger partial charge is 0.493 e. The Balaban J connectivity index is 1.74. The quantitative estimate of drug-likeness (QED) is 0.651. The molecule has 23 heavy (non-hydrogen) atoms. The van der Waals surface area contributed by atoms with Crippen LogP contribution in [0.4, 0.5) is 0 Å². The molecule has 1 aromatic heterocycles. The van der Waals surface area contributed by atoms with Gasteiger partial charge in [0.25, 0.3) is 5.89 Å². The molecule has 6 nitrogen and oxygen atoms in total. The van der Waals surface area contributed by atoms with Crippen molar-refractivity contribution in [1.29, 1.82) is 0 Å². The van der Waals surface area contributed by atoms with E-state index in [4.69, 9.17) is 14.0 Å². The minimum Gasteiger partial charge on any atom is -0.493 e. The summed E-state index contributed by atoms with van der Waals surface area (Å²) in [5.41, 5.74) is 1.36. The Morgan fingerprint density at radius 3 is 2.70 bits per heavy atom. The van der Waals surface area contributed by atoms with Crippen LogP contribution in [0.1, 0.15) is 16.2 Å². The Labute approximate surface area is 132 Å². The fraction of sp³-hybridized carbons (Fsp3) is 0.118. The molecule has 116 valence electrons. The summed E-state index contributed by atoms with van der Waals surface area (Å²) in [7, 11) is 1.53. The van der Waals surface area contributed by atoms with Crippen molar-refractivity contribution in [3.63, 3.8) is 0 Å². The molecule has 0 aliphatic rings. The smallest absolute Gasteiger partial charge is 0.264 e. The molecule has 0 spiro atoms. The molecular weight excluding hydrogens is 296 g/mol. The molecule has 0 unspecified atom stereocenters. The van der Waals surface area contributed by atoms with Crippen molar-refractivity contribution in [2.45, 2.75) is 6.61 Å². The topological polar surface area (TPSA) is 74.5 Å². The molecule has 2 aromatic carbocycles. The third-order valence-corrected chi connectivity index (χ3v) is 3.17. The first-order valence-corrected chi connectivity index (χ1v) is 6.94. The zero-order chi connectivity index (χ0) is 16.1. The van der Waals surface area contributed by atoms with Crippen LogP contribution in [0.15, 0.2) is 53.1 Å². The van der Waals surface area contributed by atoms with E-state index in [9.17, 15) is 4.79 Å². The van der Waals surface area contributed by atoms with E-state index < -0.39 is 0 Å². The van der Waals surface area contributed by atoms with Gasteiger partial charge in [0, 0.05) is 11.1 Å². The Kier molecular flexibility index (Phi) is 4.33. The SMILES string of the molecule is COc1ccc(C=O)cc1OCc1nc(-c2ccccc2)no1. The maximum absolute atomic E-state index is 10.9. The predicted molar refractivity (Wildman–Crippen MR) is 82.4 cm³/mol. The van der Waals surface area contributed by atoms with Gasteiger partial charge >= 0.3 is 0 Å². The van der Waals surface area contributed by atoms with Gasteiger partial charge in [0.15, 0.2) is 18.1 Å². The molecule has 1 heterocycles. The van der Waals surface area contributed by atoms with Crippen molar-refractivity contribution in [1.82, 2.24) is 10.1 Å². The van der Waals surface area contributed by atoms with E-state index in [1.807, 2.05) is 30.3 Å². The standard InChI is InChI=1S/C17H14N2O4/c1-21-14-8-7-12(10-20)9-15(14)22-11-16-18-17(19-23-16)13-5-3-2-4-6-13/h2-10H,11H2,1H3. The van der Waals surface area contributed by atoms with Crippen LogP contribution in [0.2, 0.25) is 0 Å². The van der Waals surface area contributed by atoms with Crippen LogP contribution in [0.3, 0.4) is 0 Å². The maximum Gasteiger partial charge on any atom is 0.264 e. The second-order valence-corrected chi connectivity index (χ2v) is 4.69. The number of aldehydes is 1. The lowest BCUT2D eigenvalue weighted by Gasteiger charge is -2.09. The van der Waals surface area contributed by atoms with E-state index in [0.29, 0.717) is 28.8 Å². The Morgan fingerprint density at radius 2 is 1.96 bits per heavy atom. The second kappa shape index (κ2) is 6.74. The van der Waals surface area contributed by atoms with E-state index >= 15 is 0 Å². The first kappa shape index (κ1) is 14.8. The highest BCUT2D eigenvalue weighted by Crippen LogP contribution is 2.28. The molecule has 0 saturated heterocycles. The van der Waals surface area contributed by atoms with Crippen LogP contribution in [-0.2, 0) is 6.61 Å². The van der Waals surface area contributed by atoms with Crippen LogP contribution in [0, 0.1) is 0 Å². The van der Waals surface area contributed by atoms with Gasteiger partial charge in [-0.25, -0.2) is 0 Å². The molecule has 0 atom stereocenters. The number of nitrogens with zero attached hydrogens (tertiary/aromatic N) is 2. The van der Waals surface area contributed by atoms with Gasteiger partial charge in [0.2, 0.25) is 5.82 Å². The summed E-state index contributed by atoms with van der Waals surface area (Å²) in [5, 5.41) is 3.92. The van der Waals surface area contributed by atoms with Crippen LogP contribution in [0.25, 0.3) is 11.4 Å². The van der Waals surface area contributed by atoms with Gasteiger partial charge < -0.3 is 14.0 Å². The number of hydrogen-bond donors (Lipinski definition) is 0. The lowest BCUT2D eigenvalue weighted by molar-refractivity contribution is 0.112. The molecule has 0 amide bonds. The molecule has 6 heteroatoms. The average molecular weight is 310 g/mol. The molecular formula is C17H14N2O4. The average Bonchev–Trinajstić information content (AvgIpc) is 3.09. The molecule has 3 aromatic rings. The maximum atomic E-state index is 10.9. The van der Waals surface area contributed by atoms with E-state index in [1.165, 1.54) is 7.11 Å². The molecule has 0 radical (unpaired) electrons. The number of rotatable bonds is 6. The second-order valence-electron chi connectivity index (χ2n) is 4.69. The first-order valence-electron chi connectivity index (χ1n) is 6.94. The van der Waals surface area contributed by atoms with Crippen molar-refractivity contribution in [3.05, 3.63) is 60.0 Å². The van der Waals surface area contributed by atoms with Gasteiger partial charge in [-0.15, -0.1) is 0 Å². The zero-order valence-corrected chi connectivity index (χ0v) is 12.4. The number of ether oxygens (including phenoxy) is 2. The van der Waals surface area contributed by atoms with E-state index in [1.54, 1.807) is 18.2 Å². The van der Waals surface area contributed by atoms with Crippen molar-refractivity contribution in [2.75, 3.05) is 7.11 Å². The molecule has 0 saturated carbocycles. The number of carbonyl (C=O) groups is 1. The van der Waals surface area contributed by atoms with Gasteiger partial charge in [-0.3, -0.25) is 4.79 Å². The van der Waals surface area contributed by atoms with Crippen molar-refractivity contribution in [3.8, 4) is 22.9 Å². The number of carbonyl (C=O) groups excluding carboxylic acids is 1. The highest BCUT2D eigenvalue weighted by atomic mass is 16.5. The molecule has 0 aliphatic heterocycles. The van der Waals surface area contributed by atoms with Gasteiger partial charge in [0.1, 0.15) is 6.29 Å². The molecule has 0 bridgehead atoms. The minimum absolute atomic E-state index is 0.0818. The van der Waals surface area contributed by atoms with Crippen molar-refractivity contribution < 1.29 is 18.8 Å². The zero-order valence-electron chi connectivity index (χ0n) is 12.4. The summed E-state index contributed by atoms with van der Waals surface area (Å²) in [6.45, 7) is 0.0818. The third kappa shape index (κ3) is 3.37. The monoisotopic (exact) mass is 310 g/mol. The van der Waals surface area contributed by atoms with Crippen molar-refractivity contribution in [2.24, 2.45) is 0 Å². The van der Waals surface area contributed by atoms with Gasteiger partial charge in [0.05, 0.1) is 7.11 Å². The summed E-state index contributed by atoms with van der Waals surface area (Å²) < 4.78 is 16.0. The highest BCUT2D eigenvalue weighted by Gasteiger charge is 2.11. The van der Waals surface area contributed by atoms with Gasteiger partial charge in [-0.1, -0.05) is 35.5 Å². The number of benzene rings is 2. The molecule has 0 aliphatic carbocycles. The fourth-order valence-electron chi connectivity index (χ4n) is 2.04. The lowest BCUT2D eigenvalue weighted by Crippen LogP contribution is -1.99. The summed E-state index contributed by atoms with van der Waals surface area (Å²) in [4.78, 5) is 15.1. The van der Waals surface area contributed by atoms with Crippen molar-refractivity contribution >= 4 is 6.29 Å². The van der Waals surface area contributed by atoms with Gasteiger partial charge in [-0.2, -0.15) is 4.98 Å². The summed E-state index contributed by atoms with van der Waals surface area (Å²) >= 11 is 0. The summed E-state index contributed by atoms with van der Waals surface area (Å²) in [5.74, 6) is 1.80. The minimum atomic E-state index is 0.0818. The van der Waals surface area contributed by atoms with Gasteiger partial charge in [-0.05, 0) is 18.2 Å². The number of aromatic nitrogens is 2. The van der Waals surface area contributed by atoms with E-state index in [2.05, 4.69) is 10.1 Å². The third-order valence-electron chi connectivity index (χ3n) is 3.17. The van der Waals surface area contributed by atoms with E-state index in [-0.39, 0.29) is 6.61 Å². The van der Waals surface area contributed by atoms with Crippen LogP contribution in [-0.4, -0.2) is 23.5 Å². The first-order chi connectivity index (χ1) is 11.3. The fourth-order valence-corrected chi connectivity index (χ4v) is 2.04. The normalized spacial score (nSPS) is 10.3. The molecule has 0 fully saturated rings. The Hall–Kier alpha value is -3.15. The summed E-state index contributed by atoms with van der Waals surface area (Å²) in [6.07, 6.45) is 0.743. The van der Waals surface area contributed by atoms with Crippen LogP contribution < -0.4 is 9.47 Å². The van der Waals surface area contributed by atoms with E-state index in [0.717, 1.165) is 11.8 Å². The predicted octanol–water partition coefficient (Wildman–Crippen LogP) is 3.14. The number of methoxy groups -OCH3 is 1. The lowest BCUT2D eigenvalue weighted by atomic mass is 10.2. The molecule has 0 N–H and O–H groups in total. The Morgan fingerprint density at radius 1 is 1.13 bits per heavy atom. The van der Waals surface area contributed by atoms with Crippen LogP contribution >= 0.6 is 0 Å². The summed E-state index contributed by atoms with van der Waals surface area (Å²) in [6, 6.07) is 14.4. The highest BCUT2D eigenvalue weighted by molar-refractivity contribution is 5.76. The number of hydrogen-bond acceptors (Lipinski definition) is 6. The van der Waals surface area contributed by atoms with Crippen LogP contribution in [0.5, 0.6) is 11.5 Å². The Bertz CT molecular complexity index is 799. The molecule has 3 rings (SSSR count).